The Bertz CT molecular complexity index is 478. The van der Waals surface area contributed by atoms with Gasteiger partial charge in [-0.05, 0) is 36.5 Å². The standard InChI is InChI=1S/C17H23F3N2.ClH/c18-17(19,20)15-7-5-14(6-8-15)16(13-3-1-2-4-13)22-11-9-21-10-12-22;/h5-8,13,16,21H,1-4,9-12H2;1H/t16-;/m0./s1. The second kappa shape index (κ2) is 7.86. The molecule has 1 atom stereocenters. The SMILES string of the molecule is Cl.FC(F)(F)c1ccc([C@H](C2CCCC2)N2CCNCC2)cc1. The highest BCUT2D eigenvalue weighted by molar-refractivity contribution is 5.85. The van der Waals surface area contributed by atoms with Gasteiger partial charge in [-0.1, -0.05) is 25.0 Å². The van der Waals surface area contributed by atoms with Gasteiger partial charge in [0.2, 0.25) is 0 Å². The maximum Gasteiger partial charge on any atom is 0.416 e. The molecule has 1 aliphatic heterocycles. The van der Waals surface area contributed by atoms with Crippen molar-refractivity contribution in [2.45, 2.75) is 37.9 Å². The molecule has 1 aliphatic carbocycles. The summed E-state index contributed by atoms with van der Waals surface area (Å²) in [6.07, 6.45) is 0.615. The maximum absolute atomic E-state index is 12.8. The zero-order chi connectivity index (χ0) is 15.6. The van der Waals surface area contributed by atoms with Crippen molar-refractivity contribution in [2.75, 3.05) is 26.2 Å². The highest BCUT2D eigenvalue weighted by Gasteiger charge is 2.34. The highest BCUT2D eigenvalue weighted by Crippen LogP contribution is 2.40. The lowest BCUT2D eigenvalue weighted by molar-refractivity contribution is -0.137. The van der Waals surface area contributed by atoms with Crippen molar-refractivity contribution in [3.63, 3.8) is 0 Å². The van der Waals surface area contributed by atoms with Gasteiger partial charge in [-0.15, -0.1) is 12.4 Å². The highest BCUT2D eigenvalue weighted by atomic mass is 35.5. The fourth-order valence-corrected chi connectivity index (χ4v) is 3.88. The predicted octanol–water partition coefficient (Wildman–Crippen LogP) is 4.26. The summed E-state index contributed by atoms with van der Waals surface area (Å²) in [5, 5.41) is 3.35. The van der Waals surface area contributed by atoms with E-state index >= 15 is 0 Å². The van der Waals surface area contributed by atoms with Gasteiger partial charge in [0, 0.05) is 32.2 Å². The molecule has 130 valence electrons. The van der Waals surface area contributed by atoms with E-state index in [1.165, 1.54) is 37.8 Å². The first kappa shape index (κ1) is 18.6. The smallest absolute Gasteiger partial charge is 0.314 e. The van der Waals surface area contributed by atoms with Crippen molar-refractivity contribution in [3.05, 3.63) is 35.4 Å². The van der Waals surface area contributed by atoms with Crippen LogP contribution in [0.15, 0.2) is 24.3 Å². The molecular weight excluding hydrogens is 325 g/mol. The van der Waals surface area contributed by atoms with Crippen LogP contribution in [0.5, 0.6) is 0 Å². The third-order valence-electron chi connectivity index (χ3n) is 4.97. The molecule has 0 bridgehead atoms. The minimum Gasteiger partial charge on any atom is -0.314 e. The summed E-state index contributed by atoms with van der Waals surface area (Å²) in [6.45, 7) is 3.87. The number of nitrogens with one attached hydrogen (secondary N) is 1. The first-order chi connectivity index (χ1) is 10.6. The number of hydrogen-bond acceptors (Lipinski definition) is 2. The van der Waals surface area contributed by atoms with Crippen LogP contribution in [0.25, 0.3) is 0 Å². The Morgan fingerprint density at radius 3 is 2.09 bits per heavy atom. The fourth-order valence-electron chi connectivity index (χ4n) is 3.88. The lowest BCUT2D eigenvalue weighted by atomic mass is 9.89. The first-order valence-electron chi connectivity index (χ1n) is 8.17. The molecule has 0 unspecified atom stereocenters. The molecule has 1 saturated carbocycles. The molecule has 2 fully saturated rings. The number of benzene rings is 1. The van der Waals surface area contributed by atoms with Crippen molar-refractivity contribution in [3.8, 4) is 0 Å². The Balaban J connectivity index is 0.00000192. The molecule has 3 rings (SSSR count). The van der Waals surface area contributed by atoms with E-state index in [-0.39, 0.29) is 18.4 Å². The molecule has 1 saturated heterocycles. The van der Waals surface area contributed by atoms with Crippen molar-refractivity contribution in [1.82, 2.24) is 10.2 Å². The van der Waals surface area contributed by atoms with Crippen LogP contribution in [0.4, 0.5) is 13.2 Å². The van der Waals surface area contributed by atoms with Crippen molar-refractivity contribution >= 4 is 12.4 Å². The number of halogens is 4. The number of nitrogens with zero attached hydrogens (tertiary/aromatic N) is 1. The maximum atomic E-state index is 12.8. The molecule has 0 aromatic heterocycles. The van der Waals surface area contributed by atoms with Gasteiger partial charge in [0.25, 0.3) is 0 Å². The van der Waals surface area contributed by atoms with Crippen LogP contribution in [0.3, 0.4) is 0 Å². The van der Waals surface area contributed by atoms with E-state index in [1.807, 2.05) is 0 Å². The zero-order valence-electron chi connectivity index (χ0n) is 13.1. The number of alkyl halides is 3. The molecular formula is C17H24ClF3N2. The second-order valence-corrected chi connectivity index (χ2v) is 6.40. The summed E-state index contributed by atoms with van der Waals surface area (Å²) in [6, 6.07) is 6.12. The molecule has 1 N–H and O–H groups in total. The van der Waals surface area contributed by atoms with Crippen LogP contribution in [0, 0.1) is 5.92 Å². The molecule has 1 heterocycles. The van der Waals surface area contributed by atoms with Crippen molar-refractivity contribution < 1.29 is 13.2 Å². The quantitative estimate of drug-likeness (QED) is 0.877. The predicted molar refractivity (Wildman–Crippen MR) is 87.8 cm³/mol. The summed E-state index contributed by atoms with van der Waals surface area (Å²) in [7, 11) is 0. The van der Waals surface area contributed by atoms with Crippen LogP contribution in [-0.4, -0.2) is 31.1 Å². The largest absolute Gasteiger partial charge is 0.416 e. The van der Waals surface area contributed by atoms with Gasteiger partial charge >= 0.3 is 6.18 Å². The topological polar surface area (TPSA) is 15.3 Å². The summed E-state index contributed by atoms with van der Waals surface area (Å²) in [5.41, 5.74) is 0.489. The summed E-state index contributed by atoms with van der Waals surface area (Å²) >= 11 is 0. The lowest BCUT2D eigenvalue weighted by Gasteiger charge is -2.38. The molecule has 0 amide bonds. The molecule has 2 nitrogen and oxygen atoms in total. The normalized spacial score (nSPS) is 21.9. The van der Waals surface area contributed by atoms with Crippen LogP contribution in [0.2, 0.25) is 0 Å². The average molecular weight is 349 g/mol. The van der Waals surface area contributed by atoms with E-state index in [2.05, 4.69) is 10.2 Å². The third kappa shape index (κ3) is 4.40. The Hall–Kier alpha value is -0.780. The van der Waals surface area contributed by atoms with E-state index in [4.69, 9.17) is 0 Å². The van der Waals surface area contributed by atoms with E-state index in [0.717, 1.165) is 31.7 Å². The molecule has 0 radical (unpaired) electrons. The van der Waals surface area contributed by atoms with E-state index < -0.39 is 11.7 Å². The average Bonchev–Trinajstić information content (AvgIpc) is 3.02. The van der Waals surface area contributed by atoms with Gasteiger partial charge in [0.05, 0.1) is 5.56 Å². The van der Waals surface area contributed by atoms with Crippen LogP contribution in [0.1, 0.15) is 42.9 Å². The fraction of sp³-hybridized carbons (Fsp3) is 0.647. The van der Waals surface area contributed by atoms with E-state index in [1.54, 1.807) is 12.1 Å². The van der Waals surface area contributed by atoms with Crippen LogP contribution < -0.4 is 5.32 Å². The van der Waals surface area contributed by atoms with Gasteiger partial charge in [-0.2, -0.15) is 13.2 Å². The third-order valence-corrected chi connectivity index (χ3v) is 4.97. The van der Waals surface area contributed by atoms with E-state index in [9.17, 15) is 13.2 Å². The van der Waals surface area contributed by atoms with Gasteiger partial charge in [-0.3, -0.25) is 4.90 Å². The molecule has 2 aliphatic rings. The van der Waals surface area contributed by atoms with Crippen LogP contribution in [-0.2, 0) is 6.18 Å². The Kier molecular flexibility index (Phi) is 6.34. The van der Waals surface area contributed by atoms with Gasteiger partial charge in [0.1, 0.15) is 0 Å². The monoisotopic (exact) mass is 348 g/mol. The Morgan fingerprint density at radius 2 is 1.57 bits per heavy atom. The van der Waals surface area contributed by atoms with Gasteiger partial charge < -0.3 is 5.32 Å². The molecule has 0 spiro atoms. The molecule has 23 heavy (non-hydrogen) atoms. The Labute approximate surface area is 141 Å². The summed E-state index contributed by atoms with van der Waals surface area (Å²) in [5.74, 6) is 0.579. The zero-order valence-corrected chi connectivity index (χ0v) is 13.9. The van der Waals surface area contributed by atoms with Gasteiger partial charge in [-0.25, -0.2) is 0 Å². The van der Waals surface area contributed by atoms with Gasteiger partial charge in [0.15, 0.2) is 0 Å². The number of hydrogen-bond donors (Lipinski definition) is 1. The minimum absolute atomic E-state index is 0. The summed E-state index contributed by atoms with van der Waals surface area (Å²) < 4.78 is 38.3. The second-order valence-electron chi connectivity index (χ2n) is 6.40. The van der Waals surface area contributed by atoms with E-state index in [0.29, 0.717) is 5.92 Å². The first-order valence-corrected chi connectivity index (χ1v) is 8.17. The van der Waals surface area contributed by atoms with Crippen molar-refractivity contribution in [1.29, 1.82) is 0 Å². The lowest BCUT2D eigenvalue weighted by Crippen LogP contribution is -2.46. The van der Waals surface area contributed by atoms with Crippen LogP contribution >= 0.6 is 12.4 Å². The summed E-state index contributed by atoms with van der Waals surface area (Å²) in [4.78, 5) is 2.45. The Morgan fingerprint density at radius 1 is 1.00 bits per heavy atom. The number of piperazine rings is 1. The minimum atomic E-state index is -4.25. The van der Waals surface area contributed by atoms with Crippen molar-refractivity contribution in [2.24, 2.45) is 5.92 Å². The molecule has 1 aromatic rings. The number of rotatable bonds is 3. The molecule has 1 aromatic carbocycles. The molecule has 6 heteroatoms.